The Morgan fingerprint density at radius 2 is 2.16 bits per heavy atom. The summed E-state index contributed by atoms with van der Waals surface area (Å²) in [4.78, 5) is 17.3. The smallest absolute Gasteiger partial charge is 0.270 e. The highest BCUT2D eigenvalue weighted by Gasteiger charge is 2.25. The van der Waals surface area contributed by atoms with Crippen molar-refractivity contribution < 1.29 is 18.0 Å². The third-order valence-electron chi connectivity index (χ3n) is 2.85. The number of hydroxylamine groups is 2. The Balaban J connectivity index is 2.10. The van der Waals surface area contributed by atoms with Crippen LogP contribution in [0.4, 0.5) is 0 Å². The fraction of sp³-hybridized carbons (Fsp3) is 0.636. The second-order valence-corrected chi connectivity index (χ2v) is 7.00. The molecule has 0 bridgehead atoms. The third-order valence-corrected chi connectivity index (χ3v) is 4.44. The Bertz CT molecular complexity index is 564. The zero-order chi connectivity index (χ0) is 14.0. The van der Waals surface area contributed by atoms with Crippen molar-refractivity contribution in [2.24, 2.45) is 0 Å². The van der Waals surface area contributed by atoms with Gasteiger partial charge in [0.05, 0.1) is 36.4 Å². The number of carbonyl (C=O) groups excluding carboxylic acids is 1. The Morgan fingerprint density at radius 1 is 1.42 bits per heavy atom. The van der Waals surface area contributed by atoms with Gasteiger partial charge in [0.1, 0.15) is 0 Å². The second kappa shape index (κ2) is 5.30. The first-order valence-electron chi connectivity index (χ1n) is 6.08. The topological polar surface area (TPSA) is 81.5 Å². The molecule has 1 fully saturated rings. The second-order valence-electron chi connectivity index (χ2n) is 4.70. The van der Waals surface area contributed by atoms with Gasteiger partial charge in [0.15, 0.2) is 9.84 Å². The first-order chi connectivity index (χ1) is 8.89. The van der Waals surface area contributed by atoms with Crippen LogP contribution in [0.5, 0.6) is 0 Å². The number of aromatic nitrogens is 2. The molecule has 0 N–H and O–H groups in total. The standard InChI is InChI=1S/C11H17N3O4S/c1-9(2)13-8-10(7-12-13)11(15)14-3-5-19(16,17)6-4-18-14/h7-9H,3-6H2,1-2H3. The van der Waals surface area contributed by atoms with E-state index < -0.39 is 9.84 Å². The monoisotopic (exact) mass is 287 g/mol. The third kappa shape index (κ3) is 3.32. The van der Waals surface area contributed by atoms with Crippen molar-refractivity contribution in [1.82, 2.24) is 14.8 Å². The average Bonchev–Trinajstić information content (AvgIpc) is 2.75. The van der Waals surface area contributed by atoms with E-state index in [0.29, 0.717) is 5.56 Å². The molecule has 0 saturated carbocycles. The zero-order valence-electron chi connectivity index (χ0n) is 10.9. The maximum atomic E-state index is 12.2. The van der Waals surface area contributed by atoms with Gasteiger partial charge in [0.2, 0.25) is 0 Å². The predicted molar refractivity (Wildman–Crippen MR) is 68.3 cm³/mol. The van der Waals surface area contributed by atoms with E-state index in [1.807, 2.05) is 13.8 Å². The predicted octanol–water partition coefficient (Wildman–Crippen LogP) is 0.266. The summed E-state index contributed by atoms with van der Waals surface area (Å²) in [6.07, 6.45) is 3.10. The van der Waals surface area contributed by atoms with Crippen LogP contribution in [-0.4, -0.2) is 53.8 Å². The van der Waals surface area contributed by atoms with Gasteiger partial charge in [-0.3, -0.25) is 14.3 Å². The van der Waals surface area contributed by atoms with Gasteiger partial charge in [-0.1, -0.05) is 0 Å². The van der Waals surface area contributed by atoms with E-state index in [1.165, 1.54) is 6.20 Å². The van der Waals surface area contributed by atoms with Crippen LogP contribution >= 0.6 is 0 Å². The minimum Gasteiger partial charge on any atom is -0.270 e. The van der Waals surface area contributed by atoms with E-state index in [0.717, 1.165) is 5.06 Å². The summed E-state index contributed by atoms with van der Waals surface area (Å²) in [6.45, 7) is 3.97. The minimum absolute atomic E-state index is 0.00634. The van der Waals surface area contributed by atoms with E-state index >= 15 is 0 Å². The number of hydrogen-bond donors (Lipinski definition) is 0. The molecule has 0 aliphatic carbocycles. The molecule has 0 unspecified atom stereocenters. The van der Waals surface area contributed by atoms with Crippen LogP contribution in [0.2, 0.25) is 0 Å². The molecular formula is C11H17N3O4S. The van der Waals surface area contributed by atoms with Crippen LogP contribution in [0.25, 0.3) is 0 Å². The lowest BCUT2D eigenvalue weighted by molar-refractivity contribution is -0.111. The Morgan fingerprint density at radius 3 is 2.79 bits per heavy atom. The summed E-state index contributed by atoms with van der Waals surface area (Å²) in [5, 5.41) is 5.18. The lowest BCUT2D eigenvalue weighted by atomic mass is 10.3. The fourth-order valence-corrected chi connectivity index (χ4v) is 2.67. The van der Waals surface area contributed by atoms with E-state index in [9.17, 15) is 13.2 Å². The van der Waals surface area contributed by atoms with Crippen molar-refractivity contribution in [1.29, 1.82) is 0 Å². The van der Waals surface area contributed by atoms with Gasteiger partial charge < -0.3 is 0 Å². The molecule has 2 heterocycles. The molecular weight excluding hydrogens is 270 g/mol. The molecule has 1 aliphatic rings. The quantitative estimate of drug-likeness (QED) is 0.779. The Kier molecular flexibility index (Phi) is 3.91. The number of carbonyl (C=O) groups is 1. The summed E-state index contributed by atoms with van der Waals surface area (Å²) >= 11 is 0. The van der Waals surface area contributed by atoms with Crippen molar-refractivity contribution in [3.63, 3.8) is 0 Å². The summed E-state index contributed by atoms with van der Waals surface area (Å²) < 4.78 is 24.5. The molecule has 0 aromatic carbocycles. The maximum Gasteiger partial charge on any atom is 0.280 e. The average molecular weight is 287 g/mol. The molecule has 106 valence electrons. The number of hydrogen-bond acceptors (Lipinski definition) is 5. The lowest BCUT2D eigenvalue weighted by Crippen LogP contribution is -2.32. The van der Waals surface area contributed by atoms with E-state index in [2.05, 4.69) is 5.10 Å². The van der Waals surface area contributed by atoms with Crippen LogP contribution in [0.1, 0.15) is 30.2 Å². The molecule has 0 atom stereocenters. The van der Waals surface area contributed by atoms with Crippen LogP contribution in [-0.2, 0) is 14.7 Å². The van der Waals surface area contributed by atoms with Gasteiger partial charge in [-0.05, 0) is 13.8 Å². The van der Waals surface area contributed by atoms with Gasteiger partial charge in [-0.25, -0.2) is 13.5 Å². The number of sulfone groups is 1. The van der Waals surface area contributed by atoms with Crippen molar-refractivity contribution >= 4 is 15.7 Å². The van der Waals surface area contributed by atoms with Crippen molar-refractivity contribution in [2.75, 3.05) is 24.7 Å². The van der Waals surface area contributed by atoms with Crippen LogP contribution in [0.15, 0.2) is 12.4 Å². The Labute approximate surface area is 112 Å². The molecule has 0 radical (unpaired) electrons. The van der Waals surface area contributed by atoms with Crippen molar-refractivity contribution in [3.8, 4) is 0 Å². The molecule has 1 saturated heterocycles. The largest absolute Gasteiger partial charge is 0.280 e. The van der Waals surface area contributed by atoms with Crippen LogP contribution < -0.4 is 0 Å². The van der Waals surface area contributed by atoms with Crippen molar-refractivity contribution in [2.45, 2.75) is 19.9 Å². The highest BCUT2D eigenvalue weighted by atomic mass is 32.2. The summed E-state index contributed by atoms with van der Waals surface area (Å²) in [5.74, 6) is -0.483. The molecule has 19 heavy (non-hydrogen) atoms. The van der Waals surface area contributed by atoms with Crippen molar-refractivity contribution in [3.05, 3.63) is 18.0 Å². The molecule has 0 spiro atoms. The molecule has 8 heteroatoms. The van der Waals surface area contributed by atoms with Gasteiger partial charge in [-0.15, -0.1) is 0 Å². The van der Waals surface area contributed by atoms with Crippen LogP contribution in [0.3, 0.4) is 0 Å². The molecule has 1 aliphatic heterocycles. The zero-order valence-corrected chi connectivity index (χ0v) is 11.8. The molecule has 1 amide bonds. The summed E-state index contributed by atoms with van der Waals surface area (Å²) in [5.41, 5.74) is 0.396. The number of nitrogens with zero attached hydrogens (tertiary/aromatic N) is 3. The molecule has 2 rings (SSSR count). The molecule has 1 aromatic rings. The van der Waals surface area contributed by atoms with Gasteiger partial charge in [0, 0.05) is 12.2 Å². The van der Waals surface area contributed by atoms with Gasteiger partial charge in [0.25, 0.3) is 5.91 Å². The number of amides is 1. The summed E-state index contributed by atoms with van der Waals surface area (Å²) in [7, 11) is -3.12. The van der Waals surface area contributed by atoms with E-state index in [4.69, 9.17) is 4.84 Å². The maximum absolute atomic E-state index is 12.2. The van der Waals surface area contributed by atoms with Gasteiger partial charge in [-0.2, -0.15) is 5.10 Å². The molecule has 1 aromatic heterocycles. The minimum atomic E-state index is -3.12. The normalized spacial score (nSPS) is 19.4. The fourth-order valence-electron chi connectivity index (χ4n) is 1.70. The highest BCUT2D eigenvalue weighted by molar-refractivity contribution is 7.91. The SMILES string of the molecule is CC(C)n1cc(C(=O)N2CCS(=O)(=O)CCO2)cn1. The van der Waals surface area contributed by atoms with E-state index in [1.54, 1.807) is 10.9 Å². The Hall–Kier alpha value is -1.41. The van der Waals surface area contributed by atoms with Crippen LogP contribution in [0, 0.1) is 0 Å². The van der Waals surface area contributed by atoms with Gasteiger partial charge >= 0.3 is 0 Å². The highest BCUT2D eigenvalue weighted by Crippen LogP contribution is 2.11. The summed E-state index contributed by atoms with van der Waals surface area (Å²) in [6, 6.07) is 0.159. The molecule has 7 nitrogen and oxygen atoms in total. The lowest BCUT2D eigenvalue weighted by Gasteiger charge is -2.17. The first kappa shape index (κ1) is 14.0. The van der Waals surface area contributed by atoms with E-state index in [-0.39, 0.29) is 36.6 Å². The number of rotatable bonds is 2. The first-order valence-corrected chi connectivity index (χ1v) is 7.90.